The van der Waals surface area contributed by atoms with Crippen molar-refractivity contribution in [1.82, 2.24) is 14.9 Å². The van der Waals surface area contributed by atoms with Gasteiger partial charge in [-0.05, 0) is 18.2 Å². The van der Waals surface area contributed by atoms with Crippen LogP contribution in [0, 0.1) is 0 Å². The Hall–Kier alpha value is -1.79. The topological polar surface area (TPSA) is 77.5 Å². The van der Waals surface area contributed by atoms with Crippen LogP contribution in [0.25, 0.3) is 11.0 Å². The number of aliphatic imine (C=N–C) groups is 1. The van der Waals surface area contributed by atoms with E-state index in [1.54, 1.807) is 7.11 Å². The predicted molar refractivity (Wildman–Crippen MR) is 80.9 cm³/mol. The Labute approximate surface area is 122 Å². The number of guanidine groups is 1. The van der Waals surface area contributed by atoms with Gasteiger partial charge in [0.05, 0.1) is 17.6 Å². The van der Waals surface area contributed by atoms with Crippen molar-refractivity contribution < 1.29 is 4.74 Å². The summed E-state index contributed by atoms with van der Waals surface area (Å²) < 4.78 is 6.91. The smallest absolute Gasteiger partial charge is 0.189 e. The molecule has 1 aromatic carbocycles. The largest absolute Gasteiger partial charge is 0.383 e. The molecule has 0 saturated carbocycles. The molecule has 6 nitrogen and oxygen atoms in total. The molecule has 0 bridgehead atoms. The van der Waals surface area contributed by atoms with Crippen LogP contribution in [-0.4, -0.2) is 35.8 Å². The fraction of sp³-hybridized carbons (Fsp3) is 0.385. The van der Waals surface area contributed by atoms with Crippen LogP contribution in [-0.2, 0) is 18.3 Å². The molecule has 3 N–H and O–H groups in total. The zero-order valence-electron chi connectivity index (χ0n) is 11.6. The summed E-state index contributed by atoms with van der Waals surface area (Å²) in [6, 6.07) is 5.63. The van der Waals surface area contributed by atoms with Gasteiger partial charge in [0, 0.05) is 25.7 Å². The van der Waals surface area contributed by atoms with Crippen molar-refractivity contribution in [2.75, 3.05) is 20.3 Å². The maximum atomic E-state index is 5.96. The van der Waals surface area contributed by atoms with Crippen molar-refractivity contribution >= 4 is 28.6 Å². The van der Waals surface area contributed by atoms with Crippen molar-refractivity contribution in [3.05, 3.63) is 29.0 Å². The summed E-state index contributed by atoms with van der Waals surface area (Å²) in [7, 11) is 3.59. The second-order valence-electron chi connectivity index (χ2n) is 4.34. The number of benzene rings is 1. The minimum absolute atomic E-state index is 0.382. The van der Waals surface area contributed by atoms with Gasteiger partial charge in [-0.1, -0.05) is 11.6 Å². The first-order chi connectivity index (χ1) is 9.61. The Balaban J connectivity index is 2.09. The molecule has 0 atom stereocenters. The number of ether oxygens (including phenoxy) is 1. The van der Waals surface area contributed by atoms with Crippen LogP contribution in [0.15, 0.2) is 23.2 Å². The minimum atomic E-state index is 0.382. The molecule has 0 radical (unpaired) electrons. The molecule has 0 aliphatic heterocycles. The molecular formula is C13H18ClN5O. The highest BCUT2D eigenvalue weighted by molar-refractivity contribution is 6.31. The quantitative estimate of drug-likeness (QED) is 0.495. The van der Waals surface area contributed by atoms with E-state index in [0.29, 0.717) is 30.7 Å². The molecule has 2 rings (SSSR count). The Kier molecular flexibility index (Phi) is 4.81. The Morgan fingerprint density at radius 3 is 3.10 bits per heavy atom. The lowest BCUT2D eigenvalue weighted by molar-refractivity contribution is 0.204. The summed E-state index contributed by atoms with van der Waals surface area (Å²) in [5.74, 6) is 1.21. The molecule has 0 spiro atoms. The lowest BCUT2D eigenvalue weighted by atomic mass is 10.3. The molecule has 1 aromatic heterocycles. The van der Waals surface area contributed by atoms with E-state index >= 15 is 0 Å². The van der Waals surface area contributed by atoms with Crippen molar-refractivity contribution in [3.63, 3.8) is 0 Å². The van der Waals surface area contributed by atoms with Crippen molar-refractivity contribution in [2.45, 2.75) is 6.54 Å². The lowest BCUT2D eigenvalue weighted by Crippen LogP contribution is -2.34. The van der Waals surface area contributed by atoms with Gasteiger partial charge >= 0.3 is 0 Å². The number of rotatable bonds is 5. The highest BCUT2D eigenvalue weighted by Crippen LogP contribution is 2.19. The highest BCUT2D eigenvalue weighted by atomic mass is 35.5. The van der Waals surface area contributed by atoms with E-state index in [1.165, 1.54) is 0 Å². The van der Waals surface area contributed by atoms with Crippen LogP contribution in [0.2, 0.25) is 5.02 Å². The summed E-state index contributed by atoms with van der Waals surface area (Å²) in [6.45, 7) is 1.62. The first-order valence-electron chi connectivity index (χ1n) is 6.25. The number of nitrogens with one attached hydrogen (secondary N) is 1. The summed E-state index contributed by atoms with van der Waals surface area (Å²) in [5.41, 5.74) is 7.63. The van der Waals surface area contributed by atoms with Crippen LogP contribution in [0.3, 0.4) is 0 Å². The number of nitrogens with zero attached hydrogens (tertiary/aromatic N) is 3. The second kappa shape index (κ2) is 6.58. The van der Waals surface area contributed by atoms with Gasteiger partial charge in [0.25, 0.3) is 0 Å². The standard InChI is InChI=1S/C13H18ClN5O/c1-19-11-4-3-9(14)7-10(11)18-12(19)8-17-13(15)16-5-6-20-2/h3-4,7H,5-6,8H2,1-2H3,(H3,15,16,17). The predicted octanol–water partition coefficient (Wildman–Crippen LogP) is 1.28. The number of hydrogen-bond donors (Lipinski definition) is 2. The number of methoxy groups -OCH3 is 1. The van der Waals surface area contributed by atoms with E-state index in [9.17, 15) is 0 Å². The molecule has 20 heavy (non-hydrogen) atoms. The number of aryl methyl sites for hydroxylation is 1. The van der Waals surface area contributed by atoms with Gasteiger partial charge < -0.3 is 20.4 Å². The Bertz CT molecular complexity index is 622. The van der Waals surface area contributed by atoms with Gasteiger partial charge in [-0.15, -0.1) is 0 Å². The highest BCUT2D eigenvalue weighted by Gasteiger charge is 2.07. The van der Waals surface area contributed by atoms with Crippen LogP contribution >= 0.6 is 11.6 Å². The summed E-state index contributed by atoms with van der Waals surface area (Å²) in [6.07, 6.45) is 0. The summed E-state index contributed by atoms with van der Waals surface area (Å²) >= 11 is 5.96. The van der Waals surface area contributed by atoms with Crippen molar-refractivity contribution in [3.8, 4) is 0 Å². The number of fused-ring (bicyclic) bond motifs is 1. The monoisotopic (exact) mass is 295 g/mol. The van der Waals surface area contributed by atoms with E-state index in [1.807, 2.05) is 29.8 Å². The number of halogens is 1. The third-order valence-electron chi connectivity index (χ3n) is 2.94. The van der Waals surface area contributed by atoms with Gasteiger partial charge in [-0.2, -0.15) is 0 Å². The second-order valence-corrected chi connectivity index (χ2v) is 4.78. The van der Waals surface area contributed by atoms with Crippen LogP contribution in [0.5, 0.6) is 0 Å². The molecule has 0 aliphatic rings. The molecule has 108 valence electrons. The zero-order chi connectivity index (χ0) is 14.5. The SMILES string of the molecule is COCCNC(N)=NCc1nc2cc(Cl)ccc2n1C. The maximum Gasteiger partial charge on any atom is 0.189 e. The molecular weight excluding hydrogens is 278 g/mol. The van der Waals surface area contributed by atoms with Crippen molar-refractivity contribution in [2.24, 2.45) is 17.8 Å². The molecule has 0 amide bonds. The van der Waals surface area contributed by atoms with Gasteiger partial charge in [-0.25, -0.2) is 9.98 Å². The lowest BCUT2D eigenvalue weighted by Gasteiger charge is -2.04. The van der Waals surface area contributed by atoms with Crippen LogP contribution < -0.4 is 11.1 Å². The summed E-state index contributed by atoms with van der Waals surface area (Å²) in [5, 5.41) is 3.63. The fourth-order valence-corrected chi connectivity index (χ4v) is 2.02. The Morgan fingerprint density at radius 2 is 2.35 bits per heavy atom. The average molecular weight is 296 g/mol. The molecule has 7 heteroatoms. The van der Waals surface area contributed by atoms with Crippen LogP contribution in [0.4, 0.5) is 0 Å². The molecule has 0 fully saturated rings. The molecule has 1 heterocycles. The molecule has 0 unspecified atom stereocenters. The summed E-state index contributed by atoms with van der Waals surface area (Å²) in [4.78, 5) is 8.76. The van der Waals surface area contributed by atoms with E-state index in [4.69, 9.17) is 22.1 Å². The van der Waals surface area contributed by atoms with Crippen LogP contribution in [0.1, 0.15) is 5.82 Å². The molecule has 0 saturated heterocycles. The first-order valence-corrected chi connectivity index (χ1v) is 6.63. The molecule has 0 aliphatic carbocycles. The number of aromatic nitrogens is 2. The molecule has 2 aromatic rings. The minimum Gasteiger partial charge on any atom is -0.383 e. The van der Waals surface area contributed by atoms with E-state index in [-0.39, 0.29) is 0 Å². The maximum absolute atomic E-state index is 5.96. The van der Waals surface area contributed by atoms with E-state index < -0.39 is 0 Å². The van der Waals surface area contributed by atoms with Gasteiger partial charge in [0.2, 0.25) is 0 Å². The first kappa shape index (κ1) is 14.6. The van der Waals surface area contributed by atoms with Gasteiger partial charge in [-0.3, -0.25) is 0 Å². The zero-order valence-corrected chi connectivity index (χ0v) is 12.3. The van der Waals surface area contributed by atoms with Gasteiger partial charge in [0.15, 0.2) is 5.96 Å². The fourth-order valence-electron chi connectivity index (χ4n) is 1.86. The third kappa shape index (κ3) is 3.40. The number of imidazole rings is 1. The van der Waals surface area contributed by atoms with Gasteiger partial charge in [0.1, 0.15) is 12.4 Å². The number of hydrogen-bond acceptors (Lipinski definition) is 3. The third-order valence-corrected chi connectivity index (χ3v) is 3.17. The van der Waals surface area contributed by atoms with E-state index in [2.05, 4.69) is 15.3 Å². The number of nitrogens with two attached hydrogens (primary N) is 1. The van der Waals surface area contributed by atoms with Crippen molar-refractivity contribution in [1.29, 1.82) is 0 Å². The Morgan fingerprint density at radius 1 is 1.55 bits per heavy atom. The average Bonchev–Trinajstić information content (AvgIpc) is 2.73. The normalized spacial score (nSPS) is 12.1. The van der Waals surface area contributed by atoms with E-state index in [0.717, 1.165) is 16.9 Å².